The Labute approximate surface area is 191 Å². The Balaban J connectivity index is 1.15. The molecule has 1 unspecified atom stereocenters. The highest BCUT2D eigenvalue weighted by Crippen LogP contribution is 2.19. The molecule has 1 aliphatic rings. The third-order valence-corrected chi connectivity index (χ3v) is 6.03. The number of nitrogens with one attached hydrogen (secondary N) is 1. The van der Waals surface area contributed by atoms with Gasteiger partial charge < -0.3 is 15.2 Å². The van der Waals surface area contributed by atoms with E-state index in [0.717, 1.165) is 50.5 Å². The average molecular weight is 432 g/mol. The molecule has 2 aromatic carbocycles. The van der Waals surface area contributed by atoms with E-state index in [-0.39, 0.29) is 0 Å². The summed E-state index contributed by atoms with van der Waals surface area (Å²) in [4.78, 5) is 6.74. The Hall–Kier alpha value is -2.73. The molecule has 0 saturated carbocycles. The zero-order chi connectivity index (χ0) is 22.2. The van der Waals surface area contributed by atoms with Gasteiger partial charge in [0.25, 0.3) is 0 Å². The number of aliphatic hydroxyl groups excluding tert-OH is 1. The van der Waals surface area contributed by atoms with Crippen LogP contribution in [0.5, 0.6) is 5.75 Å². The monoisotopic (exact) mass is 431 g/mol. The van der Waals surface area contributed by atoms with Crippen molar-refractivity contribution in [2.75, 3.05) is 26.2 Å². The van der Waals surface area contributed by atoms with Crippen LogP contribution in [-0.2, 0) is 25.9 Å². The number of benzene rings is 2. The van der Waals surface area contributed by atoms with E-state index in [1.54, 1.807) is 0 Å². The van der Waals surface area contributed by atoms with Gasteiger partial charge in [0.05, 0.1) is 0 Å². The van der Waals surface area contributed by atoms with Crippen molar-refractivity contribution >= 4 is 0 Å². The number of rotatable bonds is 10. The maximum atomic E-state index is 10.4. The molecule has 2 N–H and O–H groups in total. The molecule has 5 heteroatoms. The topological polar surface area (TPSA) is 57.6 Å². The number of aryl methyl sites for hydroxylation is 1. The van der Waals surface area contributed by atoms with Crippen molar-refractivity contribution in [1.29, 1.82) is 0 Å². The van der Waals surface area contributed by atoms with Crippen LogP contribution in [0.2, 0.25) is 0 Å². The number of hydrogen-bond acceptors (Lipinski definition) is 5. The highest BCUT2D eigenvalue weighted by atomic mass is 16.5. The van der Waals surface area contributed by atoms with Crippen molar-refractivity contribution in [3.8, 4) is 5.75 Å². The van der Waals surface area contributed by atoms with Crippen molar-refractivity contribution in [3.63, 3.8) is 0 Å². The second-order valence-corrected chi connectivity index (χ2v) is 8.56. The molecule has 168 valence electrons. The van der Waals surface area contributed by atoms with Gasteiger partial charge in [0.2, 0.25) is 0 Å². The fourth-order valence-electron chi connectivity index (χ4n) is 4.18. The Morgan fingerprint density at radius 1 is 1.06 bits per heavy atom. The SMILES string of the molecule is Cc1cccnc1CCNCc1ccc(OCC(O)CN2CCc3ccccc3C2)cc1. The number of nitrogens with zero attached hydrogens (tertiary/aromatic N) is 2. The lowest BCUT2D eigenvalue weighted by Crippen LogP contribution is -2.38. The van der Waals surface area contributed by atoms with E-state index in [9.17, 15) is 5.11 Å². The molecule has 0 bridgehead atoms. The normalized spacial score (nSPS) is 14.7. The number of aromatic nitrogens is 1. The van der Waals surface area contributed by atoms with Gasteiger partial charge in [0, 0.05) is 51.0 Å². The van der Waals surface area contributed by atoms with Crippen LogP contribution in [-0.4, -0.2) is 47.3 Å². The lowest BCUT2D eigenvalue weighted by Gasteiger charge is -2.30. The Bertz CT molecular complexity index is 990. The first-order valence-electron chi connectivity index (χ1n) is 11.5. The number of hydrogen-bond donors (Lipinski definition) is 2. The molecule has 1 atom stereocenters. The third kappa shape index (κ3) is 6.39. The predicted molar refractivity (Wildman–Crippen MR) is 128 cm³/mol. The second kappa shape index (κ2) is 11.2. The Morgan fingerprint density at radius 2 is 1.88 bits per heavy atom. The van der Waals surface area contributed by atoms with Gasteiger partial charge in [0.1, 0.15) is 18.5 Å². The maximum Gasteiger partial charge on any atom is 0.119 e. The van der Waals surface area contributed by atoms with E-state index in [1.807, 2.05) is 24.4 Å². The van der Waals surface area contributed by atoms with Crippen LogP contribution < -0.4 is 10.1 Å². The zero-order valence-corrected chi connectivity index (χ0v) is 18.8. The number of fused-ring (bicyclic) bond motifs is 1. The molecule has 2 heterocycles. The summed E-state index contributed by atoms with van der Waals surface area (Å²) in [6, 6.07) is 20.7. The lowest BCUT2D eigenvalue weighted by molar-refractivity contribution is 0.0638. The van der Waals surface area contributed by atoms with E-state index in [4.69, 9.17) is 4.74 Å². The molecule has 0 saturated heterocycles. The summed E-state index contributed by atoms with van der Waals surface area (Å²) in [5, 5.41) is 13.9. The molecule has 1 aliphatic heterocycles. The molecular formula is C27H33N3O2. The van der Waals surface area contributed by atoms with E-state index in [2.05, 4.69) is 64.6 Å². The van der Waals surface area contributed by atoms with Gasteiger partial charge in [-0.15, -0.1) is 0 Å². The Kier molecular flexibility index (Phi) is 7.88. The molecule has 0 fully saturated rings. The number of β-amino-alcohol motifs (C(OH)–C–C–N with tert-alkyl or cyclic N) is 1. The number of pyridine rings is 1. The molecule has 5 nitrogen and oxygen atoms in total. The van der Waals surface area contributed by atoms with Crippen LogP contribution in [0.3, 0.4) is 0 Å². The van der Waals surface area contributed by atoms with Crippen molar-refractivity contribution in [2.24, 2.45) is 0 Å². The van der Waals surface area contributed by atoms with Gasteiger partial charge in [-0.3, -0.25) is 9.88 Å². The van der Waals surface area contributed by atoms with Crippen LogP contribution in [0.1, 0.15) is 27.9 Å². The largest absolute Gasteiger partial charge is 0.491 e. The van der Waals surface area contributed by atoms with Gasteiger partial charge in [0.15, 0.2) is 0 Å². The first kappa shape index (κ1) is 22.5. The molecular weight excluding hydrogens is 398 g/mol. The molecule has 0 aliphatic carbocycles. The third-order valence-electron chi connectivity index (χ3n) is 6.03. The van der Waals surface area contributed by atoms with Crippen LogP contribution in [0.15, 0.2) is 66.9 Å². The van der Waals surface area contributed by atoms with Gasteiger partial charge in [-0.2, -0.15) is 0 Å². The summed E-state index contributed by atoms with van der Waals surface area (Å²) in [6.45, 7) is 6.62. The summed E-state index contributed by atoms with van der Waals surface area (Å²) in [6.07, 6.45) is 3.31. The van der Waals surface area contributed by atoms with E-state index < -0.39 is 6.10 Å². The minimum atomic E-state index is -0.503. The van der Waals surface area contributed by atoms with Gasteiger partial charge in [-0.05, 0) is 53.8 Å². The standard InChI is InChI=1S/C27H33N3O2/c1-21-5-4-14-29-27(21)12-15-28-17-22-8-10-26(11-9-22)32-20-25(31)19-30-16-13-23-6-2-3-7-24(23)18-30/h2-11,14,25,28,31H,12-13,15-20H2,1H3. The number of aliphatic hydroxyl groups is 1. The van der Waals surface area contributed by atoms with Gasteiger partial charge >= 0.3 is 0 Å². The Morgan fingerprint density at radius 3 is 2.69 bits per heavy atom. The minimum Gasteiger partial charge on any atom is -0.491 e. The molecule has 0 radical (unpaired) electrons. The lowest BCUT2D eigenvalue weighted by atomic mass is 10.00. The molecule has 4 rings (SSSR count). The fraction of sp³-hybridized carbons (Fsp3) is 0.370. The van der Waals surface area contributed by atoms with Crippen LogP contribution in [0, 0.1) is 6.92 Å². The number of ether oxygens (including phenoxy) is 1. The highest BCUT2D eigenvalue weighted by Gasteiger charge is 2.18. The summed E-state index contributed by atoms with van der Waals surface area (Å²) in [7, 11) is 0. The van der Waals surface area contributed by atoms with Gasteiger partial charge in [-0.1, -0.05) is 42.5 Å². The quantitative estimate of drug-likeness (QED) is 0.481. The van der Waals surface area contributed by atoms with Crippen LogP contribution in [0.4, 0.5) is 0 Å². The summed E-state index contributed by atoms with van der Waals surface area (Å²) in [5.74, 6) is 0.793. The van der Waals surface area contributed by atoms with Crippen molar-refractivity contribution in [1.82, 2.24) is 15.2 Å². The summed E-state index contributed by atoms with van der Waals surface area (Å²) in [5.41, 5.74) is 6.39. The maximum absolute atomic E-state index is 10.4. The van der Waals surface area contributed by atoms with E-state index in [1.165, 1.54) is 22.3 Å². The smallest absolute Gasteiger partial charge is 0.119 e. The zero-order valence-electron chi connectivity index (χ0n) is 18.8. The fourth-order valence-corrected chi connectivity index (χ4v) is 4.18. The van der Waals surface area contributed by atoms with Crippen molar-refractivity contribution in [3.05, 3.63) is 94.8 Å². The summed E-state index contributed by atoms with van der Waals surface area (Å²) < 4.78 is 5.83. The van der Waals surface area contributed by atoms with Crippen LogP contribution >= 0.6 is 0 Å². The second-order valence-electron chi connectivity index (χ2n) is 8.56. The molecule has 0 amide bonds. The first-order valence-corrected chi connectivity index (χ1v) is 11.5. The summed E-state index contributed by atoms with van der Waals surface area (Å²) >= 11 is 0. The molecule has 3 aromatic rings. The van der Waals surface area contributed by atoms with E-state index >= 15 is 0 Å². The highest BCUT2D eigenvalue weighted by molar-refractivity contribution is 5.29. The minimum absolute atomic E-state index is 0.305. The molecule has 32 heavy (non-hydrogen) atoms. The van der Waals surface area contributed by atoms with Gasteiger partial charge in [-0.25, -0.2) is 0 Å². The van der Waals surface area contributed by atoms with E-state index in [0.29, 0.717) is 13.2 Å². The average Bonchev–Trinajstić information content (AvgIpc) is 2.82. The van der Waals surface area contributed by atoms with Crippen LogP contribution in [0.25, 0.3) is 0 Å². The predicted octanol–water partition coefficient (Wildman–Crippen LogP) is 3.52. The van der Waals surface area contributed by atoms with Crippen molar-refractivity contribution < 1.29 is 9.84 Å². The molecule has 1 aromatic heterocycles. The molecule has 0 spiro atoms. The first-order chi connectivity index (χ1) is 15.7. The van der Waals surface area contributed by atoms with Crippen molar-refractivity contribution in [2.45, 2.75) is 39.0 Å².